The Kier molecular flexibility index (Phi) is 5.40. The Labute approximate surface area is 193 Å². The van der Waals surface area contributed by atoms with Crippen LogP contribution in [0.4, 0.5) is 0 Å². The zero-order valence-corrected chi connectivity index (χ0v) is 20.2. The van der Waals surface area contributed by atoms with Gasteiger partial charge in [0, 0.05) is 23.4 Å². The fourth-order valence-corrected chi connectivity index (χ4v) is 4.95. The maximum absolute atomic E-state index is 12.6. The van der Waals surface area contributed by atoms with Gasteiger partial charge >= 0.3 is 5.69 Å². The van der Waals surface area contributed by atoms with Gasteiger partial charge in [-0.2, -0.15) is 0 Å². The van der Waals surface area contributed by atoms with Gasteiger partial charge in [0.15, 0.2) is 0 Å². The first-order valence-electron chi connectivity index (χ1n) is 11.2. The predicted molar refractivity (Wildman–Crippen MR) is 131 cm³/mol. The lowest BCUT2D eigenvalue weighted by Gasteiger charge is -2.41. The van der Waals surface area contributed by atoms with E-state index in [1.54, 1.807) is 7.11 Å². The van der Waals surface area contributed by atoms with Gasteiger partial charge in [0.05, 0.1) is 18.4 Å². The smallest absolute Gasteiger partial charge is 0.332 e. The molecule has 2 atom stereocenters. The van der Waals surface area contributed by atoms with Crippen LogP contribution in [0.5, 0.6) is 5.75 Å². The topological polar surface area (TPSA) is 84.3 Å². The van der Waals surface area contributed by atoms with Crippen molar-refractivity contribution in [3.63, 3.8) is 0 Å². The van der Waals surface area contributed by atoms with E-state index in [1.165, 1.54) is 16.8 Å². The second kappa shape index (κ2) is 7.73. The molecule has 0 amide bonds. The van der Waals surface area contributed by atoms with E-state index < -0.39 is 16.9 Å². The Morgan fingerprint density at radius 1 is 1.18 bits per heavy atom. The van der Waals surface area contributed by atoms with Crippen molar-refractivity contribution in [3.05, 3.63) is 86.2 Å². The molecule has 6 heteroatoms. The third kappa shape index (κ3) is 4.27. The first-order valence-corrected chi connectivity index (χ1v) is 11.2. The Hall–Kier alpha value is -3.12. The van der Waals surface area contributed by atoms with Gasteiger partial charge in [-0.05, 0) is 53.9 Å². The minimum Gasteiger partial charge on any atom is -0.496 e. The number of fused-ring (bicyclic) bond motifs is 1. The first kappa shape index (κ1) is 23.1. The van der Waals surface area contributed by atoms with Crippen LogP contribution in [0.15, 0.2) is 63.9 Å². The molecule has 0 saturated heterocycles. The molecule has 0 aliphatic heterocycles. The number of ether oxygens (including phenoxy) is 1. The SMILES string of the molecule is COc1c(C2=CCC3(C)CC(C)(O)C=CC3=C2)cc(-n2ccc(=O)[nH]c2=O)cc1C(C)(C)C. The predicted octanol–water partition coefficient (Wildman–Crippen LogP) is 4.26. The molecular weight excluding hydrogens is 416 g/mol. The van der Waals surface area contributed by atoms with Gasteiger partial charge in [-0.15, -0.1) is 0 Å². The van der Waals surface area contributed by atoms with E-state index in [4.69, 9.17) is 4.74 Å². The van der Waals surface area contributed by atoms with Gasteiger partial charge in [0.1, 0.15) is 5.75 Å². The molecule has 1 heterocycles. The molecule has 0 saturated carbocycles. The lowest BCUT2D eigenvalue weighted by molar-refractivity contribution is 0.0596. The van der Waals surface area contributed by atoms with Gasteiger partial charge in [0.25, 0.3) is 5.56 Å². The van der Waals surface area contributed by atoms with E-state index in [-0.39, 0.29) is 10.8 Å². The average molecular weight is 449 g/mol. The highest BCUT2D eigenvalue weighted by molar-refractivity contribution is 5.83. The Morgan fingerprint density at radius 3 is 2.55 bits per heavy atom. The highest BCUT2D eigenvalue weighted by Crippen LogP contribution is 2.49. The Balaban J connectivity index is 1.94. The molecule has 2 aromatic rings. The number of H-pyrrole nitrogens is 1. The van der Waals surface area contributed by atoms with Crippen molar-refractivity contribution in [2.45, 2.75) is 58.5 Å². The molecule has 4 rings (SSSR count). The number of hydrogen-bond donors (Lipinski definition) is 2. The maximum atomic E-state index is 12.6. The molecule has 6 nitrogen and oxygen atoms in total. The molecule has 1 aromatic carbocycles. The number of benzene rings is 1. The minimum absolute atomic E-state index is 0.144. The monoisotopic (exact) mass is 448 g/mol. The third-order valence-corrected chi connectivity index (χ3v) is 6.65. The molecule has 174 valence electrons. The summed E-state index contributed by atoms with van der Waals surface area (Å²) in [6.45, 7) is 10.3. The highest BCUT2D eigenvalue weighted by Gasteiger charge is 2.39. The van der Waals surface area contributed by atoms with Crippen LogP contribution in [-0.2, 0) is 5.41 Å². The Bertz CT molecular complexity index is 1310. The van der Waals surface area contributed by atoms with Crippen molar-refractivity contribution in [2.24, 2.45) is 5.41 Å². The van der Waals surface area contributed by atoms with Crippen LogP contribution in [-0.4, -0.2) is 27.4 Å². The molecule has 33 heavy (non-hydrogen) atoms. The number of nitrogens with zero attached hydrogens (tertiary/aromatic N) is 1. The largest absolute Gasteiger partial charge is 0.496 e. The second-order valence-electron chi connectivity index (χ2n) is 10.7. The van der Waals surface area contributed by atoms with Crippen LogP contribution in [0.1, 0.15) is 58.6 Å². The fourth-order valence-electron chi connectivity index (χ4n) is 4.95. The van der Waals surface area contributed by atoms with Crippen LogP contribution in [0.2, 0.25) is 0 Å². The van der Waals surface area contributed by atoms with Crippen LogP contribution in [0, 0.1) is 5.41 Å². The molecule has 1 aromatic heterocycles. The number of aromatic nitrogens is 2. The van der Waals surface area contributed by atoms with Crippen LogP contribution in [0.3, 0.4) is 0 Å². The Morgan fingerprint density at radius 2 is 1.91 bits per heavy atom. The molecule has 0 radical (unpaired) electrons. The van der Waals surface area contributed by atoms with Crippen molar-refractivity contribution in [2.75, 3.05) is 7.11 Å². The first-order chi connectivity index (χ1) is 15.3. The summed E-state index contributed by atoms with van der Waals surface area (Å²) in [5.41, 5.74) is 2.56. The number of allylic oxidation sites excluding steroid dienone is 5. The molecule has 0 spiro atoms. The standard InChI is InChI=1S/C27H32N2O4/c1-25(2,3)21-15-19(29-12-9-22(30)28-24(29)31)14-20(23(21)33-6)17-7-10-26(4)16-27(5,32)11-8-18(26)13-17/h7-9,11-15,32H,10,16H2,1-6H3,(H,28,30,31). The van der Waals surface area contributed by atoms with Crippen molar-refractivity contribution in [1.29, 1.82) is 0 Å². The van der Waals surface area contributed by atoms with Crippen LogP contribution in [0.25, 0.3) is 11.3 Å². The average Bonchev–Trinajstić information content (AvgIpc) is 2.70. The number of hydrogen-bond acceptors (Lipinski definition) is 4. The van der Waals surface area contributed by atoms with E-state index >= 15 is 0 Å². The summed E-state index contributed by atoms with van der Waals surface area (Å²) >= 11 is 0. The van der Waals surface area contributed by atoms with Crippen LogP contribution >= 0.6 is 0 Å². The number of methoxy groups -OCH3 is 1. The summed E-state index contributed by atoms with van der Waals surface area (Å²) in [5, 5.41) is 10.6. The zero-order chi connectivity index (χ0) is 24.2. The summed E-state index contributed by atoms with van der Waals surface area (Å²) in [6.07, 6.45) is 11.1. The summed E-state index contributed by atoms with van der Waals surface area (Å²) in [5.74, 6) is 0.766. The molecular formula is C27H32N2O4. The zero-order valence-electron chi connectivity index (χ0n) is 20.2. The maximum Gasteiger partial charge on any atom is 0.332 e. The van der Waals surface area contributed by atoms with Crippen LogP contribution < -0.4 is 16.0 Å². The number of aliphatic hydroxyl groups is 1. The van der Waals surface area contributed by atoms with Gasteiger partial charge in [-0.3, -0.25) is 14.3 Å². The third-order valence-electron chi connectivity index (χ3n) is 6.65. The van der Waals surface area contributed by atoms with Gasteiger partial charge in [-0.1, -0.05) is 52.0 Å². The van der Waals surface area contributed by atoms with E-state index in [0.29, 0.717) is 12.1 Å². The lowest BCUT2D eigenvalue weighted by Crippen LogP contribution is -2.36. The number of rotatable bonds is 3. The van der Waals surface area contributed by atoms with E-state index in [0.717, 1.165) is 34.4 Å². The van der Waals surface area contributed by atoms with Crippen molar-refractivity contribution in [3.8, 4) is 11.4 Å². The van der Waals surface area contributed by atoms with Gasteiger partial charge in [-0.25, -0.2) is 4.79 Å². The molecule has 0 fully saturated rings. The molecule has 2 aliphatic rings. The van der Waals surface area contributed by atoms with Crippen molar-refractivity contribution >= 4 is 5.57 Å². The number of nitrogens with one attached hydrogen (secondary N) is 1. The molecule has 2 unspecified atom stereocenters. The van der Waals surface area contributed by atoms with E-state index in [2.05, 4.69) is 44.8 Å². The molecule has 0 bridgehead atoms. The number of aromatic amines is 1. The van der Waals surface area contributed by atoms with E-state index in [1.807, 2.05) is 31.2 Å². The quantitative estimate of drug-likeness (QED) is 0.735. The normalized spacial score (nSPS) is 24.7. The molecule has 2 N–H and O–H groups in total. The van der Waals surface area contributed by atoms with Crippen molar-refractivity contribution < 1.29 is 9.84 Å². The highest BCUT2D eigenvalue weighted by atomic mass is 16.5. The summed E-state index contributed by atoms with van der Waals surface area (Å²) in [4.78, 5) is 26.5. The fraction of sp³-hybridized carbons (Fsp3) is 0.407. The van der Waals surface area contributed by atoms with Gasteiger partial charge < -0.3 is 9.84 Å². The summed E-state index contributed by atoms with van der Waals surface area (Å²) in [7, 11) is 1.66. The minimum atomic E-state index is -0.820. The lowest BCUT2D eigenvalue weighted by atomic mass is 9.65. The molecule has 2 aliphatic carbocycles. The van der Waals surface area contributed by atoms with Gasteiger partial charge in [0.2, 0.25) is 0 Å². The van der Waals surface area contributed by atoms with Crippen molar-refractivity contribution in [1.82, 2.24) is 9.55 Å². The second-order valence-corrected chi connectivity index (χ2v) is 10.7. The summed E-state index contributed by atoms with van der Waals surface area (Å²) in [6, 6.07) is 5.22. The summed E-state index contributed by atoms with van der Waals surface area (Å²) < 4.78 is 7.36. The van der Waals surface area contributed by atoms with E-state index in [9.17, 15) is 14.7 Å².